The molecule has 1 aromatic carbocycles. The van der Waals surface area contributed by atoms with Gasteiger partial charge in [-0.2, -0.15) is 0 Å². The molecule has 0 fully saturated rings. The maximum atomic E-state index is 12.0. The van der Waals surface area contributed by atoms with Crippen molar-refractivity contribution in [3.8, 4) is 0 Å². The third-order valence-corrected chi connectivity index (χ3v) is 3.60. The molecule has 0 saturated carbocycles. The monoisotopic (exact) mass is 276 g/mol. The summed E-state index contributed by atoms with van der Waals surface area (Å²) < 4.78 is 5.17. The Morgan fingerprint density at radius 1 is 1.40 bits per heavy atom. The summed E-state index contributed by atoms with van der Waals surface area (Å²) in [5.74, 6) is -0.148. The van der Waals surface area contributed by atoms with Crippen LogP contribution >= 0.6 is 0 Å². The zero-order valence-electron chi connectivity index (χ0n) is 12.4. The van der Waals surface area contributed by atoms with Crippen LogP contribution in [0, 0.1) is 0 Å². The number of hydrogen-bond acceptors (Lipinski definition) is 4. The van der Waals surface area contributed by atoms with E-state index in [1.807, 2.05) is 6.92 Å². The number of carbonyl (C=O) groups excluding carboxylic acids is 1. The summed E-state index contributed by atoms with van der Waals surface area (Å²) in [6.45, 7) is 6.86. The van der Waals surface area contributed by atoms with Gasteiger partial charge in [-0.3, -0.25) is 4.79 Å². The average Bonchev–Trinajstić information content (AvgIpc) is 2.87. The van der Waals surface area contributed by atoms with Crippen LogP contribution in [0.2, 0.25) is 0 Å². The highest BCUT2D eigenvalue weighted by Gasteiger charge is 2.26. The summed E-state index contributed by atoms with van der Waals surface area (Å²) in [7, 11) is 0. The van der Waals surface area contributed by atoms with Crippen LogP contribution in [0.1, 0.15) is 25.8 Å². The summed E-state index contributed by atoms with van der Waals surface area (Å²) in [6, 6.07) is 8.16. The first-order chi connectivity index (χ1) is 9.76. The Hall–Kier alpha value is -1.55. The molecule has 0 spiro atoms. The number of hydrogen-bond donors (Lipinski definition) is 1. The third-order valence-electron chi connectivity index (χ3n) is 3.60. The molecule has 0 saturated heterocycles. The molecule has 2 rings (SSSR count). The van der Waals surface area contributed by atoms with E-state index < -0.39 is 0 Å². The van der Waals surface area contributed by atoms with Crippen molar-refractivity contribution < 1.29 is 9.53 Å². The zero-order valence-corrected chi connectivity index (χ0v) is 12.4. The molecule has 1 N–H and O–H groups in total. The molecular weight excluding hydrogens is 252 g/mol. The number of fused-ring (bicyclic) bond motifs is 1. The minimum absolute atomic E-state index is 0.148. The van der Waals surface area contributed by atoms with Crippen molar-refractivity contribution in [3.63, 3.8) is 0 Å². The Morgan fingerprint density at radius 3 is 2.95 bits per heavy atom. The number of esters is 1. The number of ether oxygens (including phenoxy) is 1. The largest absolute Gasteiger partial charge is 0.465 e. The van der Waals surface area contributed by atoms with Gasteiger partial charge in [0.15, 0.2) is 0 Å². The van der Waals surface area contributed by atoms with Crippen molar-refractivity contribution in [2.75, 3.05) is 31.1 Å². The molecule has 0 amide bonds. The van der Waals surface area contributed by atoms with Crippen molar-refractivity contribution in [2.24, 2.45) is 0 Å². The third kappa shape index (κ3) is 3.51. The molecule has 20 heavy (non-hydrogen) atoms. The molecule has 1 aliphatic heterocycles. The van der Waals surface area contributed by atoms with Crippen LogP contribution in [0.5, 0.6) is 0 Å². The van der Waals surface area contributed by atoms with Crippen molar-refractivity contribution in [1.29, 1.82) is 0 Å². The van der Waals surface area contributed by atoms with E-state index in [2.05, 4.69) is 41.4 Å². The highest BCUT2D eigenvalue weighted by molar-refractivity contribution is 5.77. The van der Waals surface area contributed by atoms with E-state index >= 15 is 0 Å². The Bertz CT molecular complexity index is 448. The van der Waals surface area contributed by atoms with Gasteiger partial charge in [-0.15, -0.1) is 0 Å². The summed E-state index contributed by atoms with van der Waals surface area (Å²) in [4.78, 5) is 14.3. The lowest BCUT2D eigenvalue weighted by Gasteiger charge is -2.25. The molecule has 4 heteroatoms. The molecule has 1 aliphatic rings. The van der Waals surface area contributed by atoms with Crippen LogP contribution in [0.25, 0.3) is 0 Å². The van der Waals surface area contributed by atoms with E-state index in [0.29, 0.717) is 13.2 Å². The lowest BCUT2D eigenvalue weighted by atomic mass is 10.2. The standard InChI is InChI=1S/C16H24N2O2/c1-3-10-17-14(16(19)20-4-2)12-18-11-9-13-7-5-6-8-15(13)18/h5-8,14,17H,3-4,9-12H2,1-2H3. The van der Waals surface area contributed by atoms with Crippen molar-refractivity contribution in [1.82, 2.24) is 5.32 Å². The van der Waals surface area contributed by atoms with E-state index in [1.165, 1.54) is 11.3 Å². The minimum atomic E-state index is -0.249. The van der Waals surface area contributed by atoms with Gasteiger partial charge in [0, 0.05) is 18.8 Å². The van der Waals surface area contributed by atoms with E-state index in [9.17, 15) is 4.79 Å². The number of nitrogens with zero attached hydrogens (tertiary/aromatic N) is 1. The maximum Gasteiger partial charge on any atom is 0.324 e. The fourth-order valence-electron chi connectivity index (χ4n) is 2.60. The van der Waals surface area contributed by atoms with Crippen molar-refractivity contribution >= 4 is 11.7 Å². The van der Waals surface area contributed by atoms with Gasteiger partial charge in [0.25, 0.3) is 0 Å². The first kappa shape index (κ1) is 14.9. The number of benzene rings is 1. The van der Waals surface area contributed by atoms with Gasteiger partial charge in [-0.05, 0) is 37.9 Å². The summed E-state index contributed by atoms with van der Waals surface area (Å²) in [6.07, 6.45) is 2.06. The summed E-state index contributed by atoms with van der Waals surface area (Å²) in [5, 5.41) is 3.30. The van der Waals surface area contributed by atoms with Crippen LogP contribution in [0.15, 0.2) is 24.3 Å². The zero-order chi connectivity index (χ0) is 14.4. The van der Waals surface area contributed by atoms with Crippen LogP contribution in [0.3, 0.4) is 0 Å². The molecule has 1 unspecified atom stereocenters. The maximum absolute atomic E-state index is 12.0. The molecule has 0 radical (unpaired) electrons. The van der Waals surface area contributed by atoms with Crippen LogP contribution < -0.4 is 10.2 Å². The highest BCUT2D eigenvalue weighted by Crippen LogP contribution is 2.27. The molecule has 1 heterocycles. The first-order valence-electron chi connectivity index (χ1n) is 7.49. The normalized spacial score (nSPS) is 15.0. The predicted octanol–water partition coefficient (Wildman–Crippen LogP) is 1.98. The van der Waals surface area contributed by atoms with Crippen LogP contribution in [0.4, 0.5) is 5.69 Å². The van der Waals surface area contributed by atoms with E-state index in [1.54, 1.807) is 0 Å². The highest BCUT2D eigenvalue weighted by atomic mass is 16.5. The van der Waals surface area contributed by atoms with Gasteiger partial charge < -0.3 is 15.0 Å². The molecule has 1 aromatic rings. The Kier molecular flexibility index (Phi) is 5.41. The van der Waals surface area contributed by atoms with Gasteiger partial charge in [-0.25, -0.2) is 0 Å². The SMILES string of the molecule is CCCNC(CN1CCc2ccccc21)C(=O)OCC. The summed E-state index contributed by atoms with van der Waals surface area (Å²) in [5.41, 5.74) is 2.62. The van der Waals surface area contributed by atoms with Gasteiger partial charge in [0.1, 0.15) is 6.04 Å². The molecule has 0 bridgehead atoms. The molecule has 4 nitrogen and oxygen atoms in total. The fraction of sp³-hybridized carbons (Fsp3) is 0.562. The quantitative estimate of drug-likeness (QED) is 0.773. The van der Waals surface area contributed by atoms with Crippen molar-refractivity contribution in [3.05, 3.63) is 29.8 Å². The van der Waals surface area contributed by atoms with Gasteiger partial charge >= 0.3 is 5.97 Å². The average molecular weight is 276 g/mol. The van der Waals surface area contributed by atoms with Gasteiger partial charge in [-0.1, -0.05) is 25.1 Å². The predicted molar refractivity (Wildman–Crippen MR) is 81.1 cm³/mol. The van der Waals surface area contributed by atoms with Crippen LogP contribution in [-0.2, 0) is 16.0 Å². The van der Waals surface area contributed by atoms with Gasteiger partial charge in [0.05, 0.1) is 6.61 Å². The number of nitrogens with one attached hydrogen (secondary N) is 1. The number of carbonyl (C=O) groups is 1. The second kappa shape index (κ2) is 7.29. The van der Waals surface area contributed by atoms with Gasteiger partial charge in [0.2, 0.25) is 0 Å². The number of para-hydroxylation sites is 1. The second-order valence-corrected chi connectivity index (χ2v) is 5.08. The lowest BCUT2D eigenvalue weighted by Crippen LogP contribution is -2.47. The number of anilines is 1. The van der Waals surface area contributed by atoms with E-state index in [0.717, 1.165) is 25.9 Å². The fourth-order valence-corrected chi connectivity index (χ4v) is 2.60. The van der Waals surface area contributed by atoms with E-state index in [4.69, 9.17) is 4.74 Å². The first-order valence-corrected chi connectivity index (χ1v) is 7.49. The topological polar surface area (TPSA) is 41.6 Å². The minimum Gasteiger partial charge on any atom is -0.465 e. The van der Waals surface area contributed by atoms with E-state index in [-0.39, 0.29) is 12.0 Å². The Labute approximate surface area is 121 Å². The molecule has 0 aliphatic carbocycles. The molecule has 1 atom stereocenters. The lowest BCUT2D eigenvalue weighted by molar-refractivity contribution is -0.145. The second-order valence-electron chi connectivity index (χ2n) is 5.08. The Morgan fingerprint density at radius 2 is 2.20 bits per heavy atom. The molecule has 0 aromatic heterocycles. The Balaban J connectivity index is 2.02. The van der Waals surface area contributed by atoms with Crippen LogP contribution in [-0.4, -0.2) is 38.3 Å². The molecular formula is C16H24N2O2. The number of rotatable bonds is 7. The molecule has 110 valence electrons. The smallest absolute Gasteiger partial charge is 0.324 e. The summed E-state index contributed by atoms with van der Waals surface area (Å²) >= 11 is 0. The van der Waals surface area contributed by atoms with Crippen molar-refractivity contribution in [2.45, 2.75) is 32.7 Å².